The molecule has 1 amide bonds. The Bertz CT molecular complexity index is 468. The van der Waals surface area contributed by atoms with Gasteiger partial charge in [-0.2, -0.15) is 0 Å². The molecule has 0 unspecified atom stereocenters. The quantitative estimate of drug-likeness (QED) is 0.926. The van der Waals surface area contributed by atoms with E-state index in [0.717, 1.165) is 61.6 Å². The number of aryl methyl sites for hydroxylation is 2. The van der Waals surface area contributed by atoms with Crippen molar-refractivity contribution in [1.29, 1.82) is 0 Å². The smallest absolute Gasteiger partial charge is 0.254 e. The van der Waals surface area contributed by atoms with Crippen molar-refractivity contribution in [1.82, 2.24) is 10.2 Å². The Balaban J connectivity index is 0.00000220. The maximum Gasteiger partial charge on any atom is 0.254 e. The van der Waals surface area contributed by atoms with Crippen LogP contribution in [0.2, 0.25) is 0 Å². The molecule has 1 saturated heterocycles. The van der Waals surface area contributed by atoms with E-state index in [4.69, 9.17) is 0 Å². The second kappa shape index (κ2) is 8.40. The fourth-order valence-electron chi connectivity index (χ4n) is 2.83. The summed E-state index contributed by atoms with van der Waals surface area (Å²) in [6.07, 6.45) is 2.23. The van der Waals surface area contributed by atoms with Gasteiger partial charge in [0, 0.05) is 18.7 Å². The standard InChI is InChI=1S/C17H26N2O.ClH/c1-4-18-12-15-7-9-19(10-8-15)17(20)16-11-13(2)5-6-14(16)3;/h5-6,11,15,18H,4,7-10,12H2,1-3H3;1H. The van der Waals surface area contributed by atoms with Crippen molar-refractivity contribution in [3.8, 4) is 0 Å². The van der Waals surface area contributed by atoms with Gasteiger partial charge in [-0.1, -0.05) is 24.6 Å². The molecule has 1 aromatic rings. The number of piperidine rings is 1. The number of amides is 1. The Morgan fingerprint density at radius 1 is 1.29 bits per heavy atom. The van der Waals surface area contributed by atoms with Crippen molar-refractivity contribution in [2.75, 3.05) is 26.2 Å². The van der Waals surface area contributed by atoms with Gasteiger partial charge in [-0.15, -0.1) is 12.4 Å². The summed E-state index contributed by atoms with van der Waals surface area (Å²) in [6, 6.07) is 6.12. The highest BCUT2D eigenvalue weighted by Gasteiger charge is 2.24. The number of carbonyl (C=O) groups is 1. The Morgan fingerprint density at radius 3 is 2.57 bits per heavy atom. The molecule has 0 spiro atoms. The highest BCUT2D eigenvalue weighted by molar-refractivity contribution is 5.95. The Morgan fingerprint density at radius 2 is 1.95 bits per heavy atom. The molecule has 118 valence electrons. The van der Waals surface area contributed by atoms with Crippen LogP contribution in [0.25, 0.3) is 0 Å². The van der Waals surface area contributed by atoms with Gasteiger partial charge in [0.15, 0.2) is 0 Å². The molecule has 0 atom stereocenters. The molecule has 0 saturated carbocycles. The average molecular weight is 311 g/mol. The first-order valence-electron chi connectivity index (χ1n) is 7.69. The third kappa shape index (κ3) is 4.72. The van der Waals surface area contributed by atoms with E-state index in [-0.39, 0.29) is 18.3 Å². The topological polar surface area (TPSA) is 32.3 Å². The van der Waals surface area contributed by atoms with Crippen molar-refractivity contribution < 1.29 is 4.79 Å². The molecule has 0 aromatic heterocycles. The number of hydrogen-bond acceptors (Lipinski definition) is 2. The van der Waals surface area contributed by atoms with Crippen molar-refractivity contribution >= 4 is 18.3 Å². The van der Waals surface area contributed by atoms with Gasteiger partial charge in [-0.05, 0) is 57.3 Å². The molecule has 0 aliphatic carbocycles. The molecule has 1 aliphatic heterocycles. The number of benzene rings is 1. The monoisotopic (exact) mass is 310 g/mol. The fourth-order valence-corrected chi connectivity index (χ4v) is 2.83. The van der Waals surface area contributed by atoms with Crippen LogP contribution in [0, 0.1) is 19.8 Å². The first-order valence-corrected chi connectivity index (χ1v) is 7.69. The molecule has 1 aliphatic rings. The zero-order chi connectivity index (χ0) is 14.5. The van der Waals surface area contributed by atoms with Gasteiger partial charge in [-0.3, -0.25) is 4.79 Å². The van der Waals surface area contributed by atoms with E-state index in [1.54, 1.807) is 0 Å². The van der Waals surface area contributed by atoms with Crippen LogP contribution in [0.5, 0.6) is 0 Å². The number of nitrogens with zero attached hydrogens (tertiary/aromatic N) is 1. The second-order valence-corrected chi connectivity index (χ2v) is 5.86. The molecule has 0 bridgehead atoms. The highest BCUT2D eigenvalue weighted by atomic mass is 35.5. The third-order valence-electron chi connectivity index (χ3n) is 4.21. The number of nitrogens with one attached hydrogen (secondary N) is 1. The van der Waals surface area contributed by atoms with Crippen molar-refractivity contribution in [3.63, 3.8) is 0 Å². The summed E-state index contributed by atoms with van der Waals surface area (Å²) in [4.78, 5) is 14.6. The molecule has 1 heterocycles. The number of carbonyl (C=O) groups excluding carboxylic acids is 1. The zero-order valence-electron chi connectivity index (χ0n) is 13.3. The Kier molecular flexibility index (Phi) is 7.20. The van der Waals surface area contributed by atoms with Crippen LogP contribution in [0.3, 0.4) is 0 Å². The molecule has 3 nitrogen and oxygen atoms in total. The molecule has 1 fully saturated rings. The minimum absolute atomic E-state index is 0. The summed E-state index contributed by atoms with van der Waals surface area (Å²) in [5, 5.41) is 3.41. The van der Waals surface area contributed by atoms with E-state index in [1.165, 1.54) is 0 Å². The van der Waals surface area contributed by atoms with Gasteiger partial charge in [0.05, 0.1) is 0 Å². The van der Waals surface area contributed by atoms with Gasteiger partial charge < -0.3 is 10.2 Å². The molecule has 2 rings (SSSR count). The van der Waals surface area contributed by atoms with Crippen molar-refractivity contribution in [3.05, 3.63) is 34.9 Å². The SMILES string of the molecule is CCNCC1CCN(C(=O)c2cc(C)ccc2C)CC1.Cl. The molecular weight excluding hydrogens is 284 g/mol. The van der Waals surface area contributed by atoms with E-state index in [1.807, 2.05) is 30.9 Å². The third-order valence-corrected chi connectivity index (χ3v) is 4.21. The van der Waals surface area contributed by atoms with Crippen LogP contribution in [-0.4, -0.2) is 37.0 Å². The molecule has 0 radical (unpaired) electrons. The second-order valence-electron chi connectivity index (χ2n) is 5.86. The minimum Gasteiger partial charge on any atom is -0.339 e. The number of halogens is 1. The van der Waals surface area contributed by atoms with Crippen LogP contribution in [0.1, 0.15) is 41.3 Å². The first kappa shape index (κ1) is 18.0. The molecule has 1 N–H and O–H groups in total. The van der Waals surface area contributed by atoms with Crippen molar-refractivity contribution in [2.45, 2.75) is 33.6 Å². The Labute approximate surface area is 134 Å². The maximum absolute atomic E-state index is 12.6. The van der Waals surface area contributed by atoms with E-state index in [2.05, 4.69) is 18.3 Å². The lowest BCUT2D eigenvalue weighted by molar-refractivity contribution is 0.0689. The largest absolute Gasteiger partial charge is 0.339 e. The first-order chi connectivity index (χ1) is 9.61. The predicted molar refractivity (Wildman–Crippen MR) is 90.3 cm³/mol. The van der Waals surface area contributed by atoms with E-state index >= 15 is 0 Å². The number of rotatable bonds is 4. The molecular formula is C17H27ClN2O. The molecule has 4 heteroatoms. The summed E-state index contributed by atoms with van der Waals surface area (Å²) in [5.74, 6) is 0.922. The normalized spacial score (nSPS) is 15.7. The highest BCUT2D eigenvalue weighted by Crippen LogP contribution is 2.20. The van der Waals surface area contributed by atoms with E-state index in [9.17, 15) is 4.79 Å². The minimum atomic E-state index is 0. The Hall–Kier alpha value is -1.06. The summed E-state index contributed by atoms with van der Waals surface area (Å²) < 4.78 is 0. The lowest BCUT2D eigenvalue weighted by Crippen LogP contribution is -2.41. The lowest BCUT2D eigenvalue weighted by Gasteiger charge is -2.32. The molecule has 21 heavy (non-hydrogen) atoms. The van der Waals surface area contributed by atoms with Crippen LogP contribution in [-0.2, 0) is 0 Å². The summed E-state index contributed by atoms with van der Waals surface area (Å²) in [6.45, 7) is 10.1. The van der Waals surface area contributed by atoms with Gasteiger partial charge in [0.2, 0.25) is 0 Å². The van der Waals surface area contributed by atoms with Crippen LogP contribution in [0.15, 0.2) is 18.2 Å². The van der Waals surface area contributed by atoms with Gasteiger partial charge >= 0.3 is 0 Å². The van der Waals surface area contributed by atoms with E-state index in [0.29, 0.717) is 0 Å². The number of hydrogen-bond donors (Lipinski definition) is 1. The molecule has 1 aromatic carbocycles. The maximum atomic E-state index is 12.6. The summed E-state index contributed by atoms with van der Waals surface area (Å²) in [5.41, 5.74) is 3.10. The summed E-state index contributed by atoms with van der Waals surface area (Å²) in [7, 11) is 0. The lowest BCUT2D eigenvalue weighted by atomic mass is 9.95. The van der Waals surface area contributed by atoms with Crippen LogP contribution >= 0.6 is 12.4 Å². The van der Waals surface area contributed by atoms with Gasteiger partial charge in [-0.25, -0.2) is 0 Å². The summed E-state index contributed by atoms with van der Waals surface area (Å²) >= 11 is 0. The van der Waals surface area contributed by atoms with Gasteiger partial charge in [0.1, 0.15) is 0 Å². The zero-order valence-corrected chi connectivity index (χ0v) is 14.1. The van der Waals surface area contributed by atoms with E-state index < -0.39 is 0 Å². The van der Waals surface area contributed by atoms with Crippen LogP contribution < -0.4 is 5.32 Å². The van der Waals surface area contributed by atoms with Gasteiger partial charge in [0.25, 0.3) is 5.91 Å². The van der Waals surface area contributed by atoms with Crippen molar-refractivity contribution in [2.24, 2.45) is 5.92 Å². The average Bonchev–Trinajstić information content (AvgIpc) is 2.47. The fraction of sp³-hybridized carbons (Fsp3) is 0.588. The van der Waals surface area contributed by atoms with Crippen LogP contribution in [0.4, 0.5) is 0 Å². The number of likely N-dealkylation sites (tertiary alicyclic amines) is 1. The predicted octanol–water partition coefficient (Wildman–Crippen LogP) is 3.19.